The van der Waals surface area contributed by atoms with Crippen LogP contribution in [0.2, 0.25) is 0 Å². The molecule has 0 saturated carbocycles. The summed E-state index contributed by atoms with van der Waals surface area (Å²) in [4.78, 5) is 20.6. The van der Waals surface area contributed by atoms with Crippen molar-refractivity contribution in [3.63, 3.8) is 0 Å². The van der Waals surface area contributed by atoms with Crippen LogP contribution in [0.1, 0.15) is 16.1 Å². The molecule has 10 heteroatoms. The van der Waals surface area contributed by atoms with Crippen LogP contribution < -0.4 is 10.1 Å². The highest BCUT2D eigenvalue weighted by Crippen LogP contribution is 2.25. The Balaban J connectivity index is 1.69. The van der Waals surface area contributed by atoms with Crippen LogP contribution in [0.5, 0.6) is 11.5 Å². The van der Waals surface area contributed by atoms with Crippen molar-refractivity contribution in [3.05, 3.63) is 59.5 Å². The normalized spacial score (nSPS) is 10.8. The Kier molecular flexibility index (Phi) is 4.01. The molecule has 0 unspecified atom stereocenters. The molecule has 4 heterocycles. The maximum Gasteiger partial charge on any atom is 0.261 e. The Labute approximate surface area is 150 Å². The SMILES string of the molecule is Cc1csc(NC(=O)c2cc(Oc3cncc(F)c3)cn3cnnc23)n1. The van der Waals surface area contributed by atoms with Gasteiger partial charge in [0.2, 0.25) is 0 Å². The second-order valence-corrected chi connectivity index (χ2v) is 6.20. The molecule has 1 amide bonds. The average molecular weight is 370 g/mol. The number of aromatic nitrogens is 5. The second-order valence-electron chi connectivity index (χ2n) is 5.34. The molecule has 4 aromatic heterocycles. The number of carbonyl (C=O) groups is 1. The van der Waals surface area contributed by atoms with Gasteiger partial charge in [0.1, 0.15) is 23.6 Å². The van der Waals surface area contributed by atoms with Crippen molar-refractivity contribution in [2.75, 3.05) is 5.32 Å². The van der Waals surface area contributed by atoms with Gasteiger partial charge in [-0.25, -0.2) is 9.37 Å². The van der Waals surface area contributed by atoms with Gasteiger partial charge in [-0.05, 0) is 13.0 Å². The first kappa shape index (κ1) is 16.1. The van der Waals surface area contributed by atoms with E-state index in [1.54, 1.807) is 10.6 Å². The van der Waals surface area contributed by atoms with Crippen molar-refractivity contribution in [2.45, 2.75) is 6.92 Å². The number of halogens is 1. The molecule has 0 aliphatic heterocycles. The number of nitrogens with zero attached hydrogens (tertiary/aromatic N) is 5. The van der Waals surface area contributed by atoms with Crippen molar-refractivity contribution in [1.29, 1.82) is 0 Å². The molecule has 0 atom stereocenters. The third-order valence-corrected chi connectivity index (χ3v) is 4.24. The van der Waals surface area contributed by atoms with E-state index in [1.807, 2.05) is 12.3 Å². The monoisotopic (exact) mass is 370 g/mol. The van der Waals surface area contributed by atoms with Gasteiger partial charge in [0.25, 0.3) is 5.91 Å². The number of hydrogen-bond acceptors (Lipinski definition) is 7. The van der Waals surface area contributed by atoms with Crippen molar-refractivity contribution in [2.24, 2.45) is 0 Å². The molecule has 4 aromatic rings. The first-order valence-corrected chi connectivity index (χ1v) is 8.32. The lowest BCUT2D eigenvalue weighted by Crippen LogP contribution is -2.13. The first-order chi connectivity index (χ1) is 12.6. The molecular weight excluding hydrogens is 359 g/mol. The predicted molar refractivity (Wildman–Crippen MR) is 92.1 cm³/mol. The third-order valence-electron chi connectivity index (χ3n) is 3.37. The number of nitrogens with one attached hydrogen (secondary N) is 1. The molecule has 0 aliphatic carbocycles. The minimum atomic E-state index is -0.523. The summed E-state index contributed by atoms with van der Waals surface area (Å²) in [5.74, 6) is -0.408. The summed E-state index contributed by atoms with van der Waals surface area (Å²) in [6, 6.07) is 2.70. The van der Waals surface area contributed by atoms with Gasteiger partial charge in [-0.3, -0.25) is 19.5 Å². The highest BCUT2D eigenvalue weighted by atomic mass is 32.1. The number of amides is 1. The molecule has 0 bridgehead atoms. The average Bonchev–Trinajstić information content (AvgIpc) is 3.23. The zero-order chi connectivity index (χ0) is 18.1. The molecule has 1 N–H and O–H groups in total. The lowest BCUT2D eigenvalue weighted by molar-refractivity contribution is 0.102. The van der Waals surface area contributed by atoms with E-state index in [4.69, 9.17) is 4.74 Å². The fraction of sp³-hybridized carbons (Fsp3) is 0.0625. The molecule has 0 aromatic carbocycles. The van der Waals surface area contributed by atoms with Gasteiger partial charge in [-0.1, -0.05) is 0 Å². The number of rotatable bonds is 4. The molecule has 130 valence electrons. The molecule has 8 nitrogen and oxygen atoms in total. The zero-order valence-electron chi connectivity index (χ0n) is 13.4. The zero-order valence-corrected chi connectivity index (χ0v) is 14.2. The maximum absolute atomic E-state index is 13.3. The number of thiazole rings is 1. The van der Waals surface area contributed by atoms with E-state index in [2.05, 4.69) is 25.5 Å². The fourth-order valence-corrected chi connectivity index (χ4v) is 2.98. The summed E-state index contributed by atoms with van der Waals surface area (Å²) >= 11 is 1.32. The van der Waals surface area contributed by atoms with Crippen LogP contribution in [0.15, 0.2) is 42.4 Å². The topological polar surface area (TPSA) is 94.3 Å². The van der Waals surface area contributed by atoms with E-state index in [-0.39, 0.29) is 11.3 Å². The van der Waals surface area contributed by atoms with Crippen LogP contribution in [0.25, 0.3) is 5.65 Å². The molecular formula is C16H11FN6O2S. The summed E-state index contributed by atoms with van der Waals surface area (Å²) < 4.78 is 20.4. The highest BCUT2D eigenvalue weighted by Gasteiger charge is 2.16. The minimum absolute atomic E-state index is 0.208. The fourth-order valence-electron chi connectivity index (χ4n) is 2.29. The van der Waals surface area contributed by atoms with Crippen molar-refractivity contribution in [3.8, 4) is 11.5 Å². The summed E-state index contributed by atoms with van der Waals surface area (Å²) in [5, 5.41) is 12.8. The Morgan fingerprint density at radius 3 is 2.96 bits per heavy atom. The number of carbonyl (C=O) groups excluding carboxylic acids is 1. The van der Waals surface area contributed by atoms with Gasteiger partial charge in [0.15, 0.2) is 10.8 Å². The van der Waals surface area contributed by atoms with Crippen molar-refractivity contribution >= 4 is 28.0 Å². The van der Waals surface area contributed by atoms with Crippen molar-refractivity contribution in [1.82, 2.24) is 24.6 Å². The highest BCUT2D eigenvalue weighted by molar-refractivity contribution is 7.13. The maximum atomic E-state index is 13.3. The first-order valence-electron chi connectivity index (χ1n) is 7.44. The standard InChI is InChI=1S/C16H11FN6O2S/c1-9-7-26-16(20-9)21-15(24)13-3-12(6-23-8-19-22-14(13)23)25-11-2-10(17)4-18-5-11/h2-8H,1H3,(H,20,21,24). The van der Waals surface area contributed by atoms with Gasteiger partial charge in [-0.2, -0.15) is 0 Å². The summed E-state index contributed by atoms with van der Waals surface area (Å²) in [6.07, 6.45) is 5.48. The number of anilines is 1. The van der Waals surface area contributed by atoms with E-state index >= 15 is 0 Å². The van der Waals surface area contributed by atoms with Crippen LogP contribution in [0.3, 0.4) is 0 Å². The number of ether oxygens (including phenoxy) is 1. The van der Waals surface area contributed by atoms with Gasteiger partial charge in [0, 0.05) is 11.4 Å². The lowest BCUT2D eigenvalue weighted by atomic mass is 10.2. The summed E-state index contributed by atoms with van der Waals surface area (Å²) in [7, 11) is 0. The molecule has 0 fully saturated rings. The Bertz CT molecular complexity index is 1110. The lowest BCUT2D eigenvalue weighted by Gasteiger charge is -2.09. The largest absolute Gasteiger partial charge is 0.454 e. The Hall–Kier alpha value is -3.40. The van der Waals surface area contributed by atoms with E-state index < -0.39 is 11.7 Å². The molecule has 4 rings (SSSR count). The van der Waals surface area contributed by atoms with Crippen LogP contribution in [0, 0.1) is 12.7 Å². The van der Waals surface area contributed by atoms with Gasteiger partial charge >= 0.3 is 0 Å². The Morgan fingerprint density at radius 1 is 1.31 bits per heavy atom. The van der Waals surface area contributed by atoms with Crippen LogP contribution in [0.4, 0.5) is 9.52 Å². The van der Waals surface area contributed by atoms with E-state index in [1.165, 1.54) is 36.0 Å². The number of aryl methyl sites for hydroxylation is 1. The Morgan fingerprint density at radius 2 is 2.19 bits per heavy atom. The van der Waals surface area contributed by atoms with Crippen LogP contribution in [-0.2, 0) is 0 Å². The molecule has 0 saturated heterocycles. The second kappa shape index (κ2) is 6.48. The van der Waals surface area contributed by atoms with Crippen molar-refractivity contribution < 1.29 is 13.9 Å². The van der Waals surface area contributed by atoms with E-state index in [0.717, 1.165) is 11.9 Å². The summed E-state index contributed by atoms with van der Waals surface area (Å²) in [6.45, 7) is 1.84. The molecule has 0 radical (unpaired) electrons. The quantitative estimate of drug-likeness (QED) is 0.593. The van der Waals surface area contributed by atoms with Crippen LogP contribution >= 0.6 is 11.3 Å². The predicted octanol–water partition coefficient (Wildman–Crippen LogP) is 3.07. The smallest absolute Gasteiger partial charge is 0.261 e. The molecule has 0 spiro atoms. The van der Waals surface area contributed by atoms with Gasteiger partial charge < -0.3 is 4.74 Å². The number of hydrogen-bond donors (Lipinski definition) is 1. The molecule has 0 aliphatic rings. The van der Waals surface area contributed by atoms with E-state index in [0.29, 0.717) is 16.5 Å². The van der Waals surface area contributed by atoms with Crippen LogP contribution in [-0.4, -0.2) is 30.5 Å². The molecule has 26 heavy (non-hydrogen) atoms. The van der Waals surface area contributed by atoms with Gasteiger partial charge in [-0.15, -0.1) is 21.5 Å². The minimum Gasteiger partial charge on any atom is -0.454 e. The number of fused-ring (bicyclic) bond motifs is 1. The summed E-state index contributed by atoms with van der Waals surface area (Å²) in [5.41, 5.74) is 1.42. The number of pyridine rings is 2. The third kappa shape index (κ3) is 3.22. The van der Waals surface area contributed by atoms with Gasteiger partial charge in [0.05, 0.1) is 29.8 Å². The van der Waals surface area contributed by atoms with E-state index in [9.17, 15) is 9.18 Å².